The average molecular weight is 364 g/mol. The van der Waals surface area contributed by atoms with E-state index in [1.165, 1.54) is 24.3 Å². The van der Waals surface area contributed by atoms with Crippen LogP contribution in [0, 0.1) is 16.0 Å². The van der Waals surface area contributed by atoms with E-state index in [2.05, 4.69) is 6.58 Å². The quantitative estimate of drug-likeness (QED) is 0.250. The molecule has 1 fully saturated rings. The van der Waals surface area contributed by atoms with Gasteiger partial charge in [-0.1, -0.05) is 13.5 Å². The van der Waals surface area contributed by atoms with E-state index >= 15 is 0 Å². The van der Waals surface area contributed by atoms with Crippen molar-refractivity contribution in [3.05, 3.63) is 46.5 Å². The molecule has 2 unspecified atom stereocenters. The van der Waals surface area contributed by atoms with Gasteiger partial charge < -0.3 is 19.1 Å². The molecule has 1 saturated heterocycles. The largest absolute Gasteiger partial charge is 0.514 e. The van der Waals surface area contributed by atoms with Crippen LogP contribution in [0.4, 0.5) is 10.5 Å². The number of benzene rings is 1. The highest BCUT2D eigenvalue weighted by atomic mass is 16.7. The van der Waals surface area contributed by atoms with Crippen molar-refractivity contribution in [2.75, 3.05) is 26.8 Å². The second-order valence-corrected chi connectivity index (χ2v) is 5.96. The molecule has 0 radical (unpaired) electrons. The Hall–Kier alpha value is -2.94. The zero-order chi connectivity index (χ0) is 19.3. The first-order chi connectivity index (χ1) is 12.3. The Balaban J connectivity index is 1.80. The van der Waals surface area contributed by atoms with Crippen molar-refractivity contribution in [1.29, 1.82) is 0 Å². The van der Waals surface area contributed by atoms with Gasteiger partial charge in [0.05, 0.1) is 11.0 Å². The molecule has 1 aromatic rings. The number of ether oxygens (including phenoxy) is 3. The lowest BCUT2D eigenvalue weighted by atomic mass is 10.1. The van der Waals surface area contributed by atoms with Gasteiger partial charge in [0.1, 0.15) is 12.4 Å². The normalized spacial score (nSPS) is 19.1. The summed E-state index contributed by atoms with van der Waals surface area (Å²) in [4.78, 5) is 35.6. The minimum Gasteiger partial charge on any atom is -0.429 e. The fraction of sp³-hybridized carbons (Fsp3) is 0.412. The molecule has 1 aliphatic rings. The van der Waals surface area contributed by atoms with Crippen molar-refractivity contribution in [2.24, 2.45) is 5.92 Å². The molecule has 0 N–H and O–H groups in total. The monoisotopic (exact) mass is 364 g/mol. The van der Waals surface area contributed by atoms with Gasteiger partial charge in [0.15, 0.2) is 0 Å². The number of carbonyl (C=O) groups is 2. The third kappa shape index (κ3) is 4.79. The van der Waals surface area contributed by atoms with E-state index in [0.29, 0.717) is 13.1 Å². The summed E-state index contributed by atoms with van der Waals surface area (Å²) in [5.41, 5.74) is -0.00602. The fourth-order valence-electron chi connectivity index (χ4n) is 2.60. The maximum absolute atomic E-state index is 12.3. The number of amides is 1. The Morgan fingerprint density at radius 3 is 2.50 bits per heavy atom. The summed E-state index contributed by atoms with van der Waals surface area (Å²) < 4.78 is 15.1. The second-order valence-electron chi connectivity index (χ2n) is 5.96. The van der Waals surface area contributed by atoms with Crippen LogP contribution in [-0.2, 0) is 14.3 Å². The van der Waals surface area contributed by atoms with Crippen molar-refractivity contribution in [2.45, 2.75) is 13.0 Å². The summed E-state index contributed by atoms with van der Waals surface area (Å²) in [5.74, 6) is -0.00171. The molecule has 1 aliphatic heterocycles. The van der Waals surface area contributed by atoms with Gasteiger partial charge in [-0.2, -0.15) is 0 Å². The van der Waals surface area contributed by atoms with Gasteiger partial charge in [0.2, 0.25) is 0 Å². The van der Waals surface area contributed by atoms with Crippen LogP contribution >= 0.6 is 0 Å². The number of likely N-dealkylation sites (tertiary alicyclic amines) is 1. The van der Waals surface area contributed by atoms with Gasteiger partial charge in [0, 0.05) is 43.8 Å². The van der Waals surface area contributed by atoms with E-state index in [0.717, 1.165) is 0 Å². The van der Waals surface area contributed by atoms with Gasteiger partial charge in [-0.05, 0) is 12.1 Å². The number of hydrogen-bond acceptors (Lipinski definition) is 7. The third-order valence-electron chi connectivity index (χ3n) is 4.05. The lowest BCUT2D eigenvalue weighted by Crippen LogP contribution is -2.32. The highest BCUT2D eigenvalue weighted by Gasteiger charge is 2.33. The minimum atomic E-state index is -1.03. The summed E-state index contributed by atoms with van der Waals surface area (Å²) in [6, 6.07) is 4.95. The molecule has 0 aliphatic carbocycles. The van der Waals surface area contributed by atoms with Crippen LogP contribution in [-0.4, -0.2) is 54.8 Å². The van der Waals surface area contributed by atoms with Crippen LogP contribution in [0.1, 0.15) is 6.92 Å². The first-order valence-corrected chi connectivity index (χ1v) is 7.90. The molecule has 2 atom stereocenters. The number of carbonyl (C=O) groups excluding carboxylic acids is 2. The first-order valence-electron chi connectivity index (χ1n) is 7.90. The lowest BCUT2D eigenvalue weighted by molar-refractivity contribution is -0.384. The minimum absolute atomic E-state index is 0.0280. The number of hydrogen-bond donors (Lipinski definition) is 0. The summed E-state index contributed by atoms with van der Waals surface area (Å²) >= 11 is 0. The zero-order valence-electron chi connectivity index (χ0n) is 14.5. The molecular weight excluding hydrogens is 344 g/mol. The van der Waals surface area contributed by atoms with Gasteiger partial charge in [-0.3, -0.25) is 14.9 Å². The summed E-state index contributed by atoms with van der Waals surface area (Å²) in [6.07, 6.45) is -1.06. The standard InChI is InChI=1S/C17H20N2O7/c1-11-8-18(9-15(11)24-3)16(20)12(2)10-25-17(21)26-14-6-4-13(5-7-14)19(22)23/h4-7,11,15H,2,8-10H2,1,3H3. The van der Waals surface area contributed by atoms with Gasteiger partial charge >= 0.3 is 6.16 Å². The van der Waals surface area contributed by atoms with E-state index < -0.39 is 11.1 Å². The molecule has 1 heterocycles. The van der Waals surface area contributed by atoms with Crippen LogP contribution in [0.5, 0.6) is 5.75 Å². The predicted octanol–water partition coefficient (Wildman–Crippen LogP) is 2.16. The maximum Gasteiger partial charge on any atom is 0.514 e. The molecule has 140 valence electrons. The summed E-state index contributed by atoms with van der Waals surface area (Å²) in [6.45, 7) is 6.33. The Bertz CT molecular complexity index is 702. The number of nitro benzene ring substituents is 1. The van der Waals surface area contributed by atoms with Crippen LogP contribution in [0.15, 0.2) is 36.4 Å². The molecule has 9 nitrogen and oxygen atoms in total. The van der Waals surface area contributed by atoms with Gasteiger partial charge in [-0.15, -0.1) is 0 Å². The fourth-order valence-corrected chi connectivity index (χ4v) is 2.60. The van der Waals surface area contributed by atoms with E-state index in [9.17, 15) is 19.7 Å². The Labute approximate surface area is 150 Å². The van der Waals surface area contributed by atoms with Crippen molar-refractivity contribution in [1.82, 2.24) is 4.90 Å². The predicted molar refractivity (Wildman–Crippen MR) is 90.8 cm³/mol. The number of rotatable bonds is 6. The molecule has 2 rings (SSSR count). The zero-order valence-corrected chi connectivity index (χ0v) is 14.5. The molecule has 9 heteroatoms. The average Bonchev–Trinajstić information content (AvgIpc) is 3.00. The van der Waals surface area contributed by atoms with Crippen molar-refractivity contribution >= 4 is 17.7 Å². The van der Waals surface area contributed by atoms with Gasteiger partial charge in [-0.25, -0.2) is 4.79 Å². The number of methoxy groups -OCH3 is 1. The van der Waals surface area contributed by atoms with E-state index in [1.54, 1.807) is 12.0 Å². The van der Waals surface area contributed by atoms with Crippen LogP contribution < -0.4 is 4.74 Å². The third-order valence-corrected chi connectivity index (χ3v) is 4.05. The maximum atomic E-state index is 12.3. The molecule has 26 heavy (non-hydrogen) atoms. The van der Waals surface area contributed by atoms with Crippen molar-refractivity contribution < 1.29 is 28.7 Å². The lowest BCUT2D eigenvalue weighted by Gasteiger charge is -2.17. The first kappa shape index (κ1) is 19.4. The smallest absolute Gasteiger partial charge is 0.429 e. The van der Waals surface area contributed by atoms with Gasteiger partial charge in [0.25, 0.3) is 11.6 Å². The number of non-ortho nitro benzene ring substituents is 1. The summed E-state index contributed by atoms with van der Waals surface area (Å²) in [7, 11) is 1.60. The SMILES string of the molecule is C=C(COC(=O)Oc1ccc([N+](=O)[O-])cc1)C(=O)N1CC(C)C(OC)C1. The van der Waals surface area contributed by atoms with Crippen LogP contribution in [0.2, 0.25) is 0 Å². The second kappa shape index (κ2) is 8.43. The molecule has 0 bridgehead atoms. The highest BCUT2D eigenvalue weighted by Crippen LogP contribution is 2.21. The topological polar surface area (TPSA) is 108 Å². The summed E-state index contributed by atoms with van der Waals surface area (Å²) in [5, 5.41) is 10.6. The van der Waals surface area contributed by atoms with Crippen molar-refractivity contribution in [3.8, 4) is 5.75 Å². The van der Waals surface area contributed by atoms with Crippen molar-refractivity contribution in [3.63, 3.8) is 0 Å². The van der Waals surface area contributed by atoms with Crippen LogP contribution in [0.25, 0.3) is 0 Å². The van der Waals surface area contributed by atoms with E-state index in [-0.39, 0.29) is 41.5 Å². The highest BCUT2D eigenvalue weighted by molar-refractivity contribution is 5.93. The molecule has 0 spiro atoms. The molecular formula is C17H20N2O7. The molecule has 0 aromatic heterocycles. The molecule has 1 aromatic carbocycles. The Kier molecular flexibility index (Phi) is 6.29. The number of nitro groups is 1. The molecule has 1 amide bonds. The molecule has 0 saturated carbocycles. The van der Waals surface area contributed by atoms with Crippen LogP contribution in [0.3, 0.4) is 0 Å². The Morgan fingerprint density at radius 2 is 1.96 bits per heavy atom. The Morgan fingerprint density at radius 1 is 1.31 bits per heavy atom. The number of nitrogens with zero attached hydrogens (tertiary/aromatic N) is 2. The van der Waals surface area contributed by atoms with E-state index in [1.807, 2.05) is 6.92 Å². The van der Waals surface area contributed by atoms with E-state index in [4.69, 9.17) is 14.2 Å².